The summed E-state index contributed by atoms with van der Waals surface area (Å²) in [6, 6.07) is 6.08. The molecule has 0 aliphatic rings. The molecule has 2 rings (SSSR count). The van der Waals surface area contributed by atoms with Gasteiger partial charge in [-0.05, 0) is 47.5 Å². The minimum absolute atomic E-state index is 0.333. The maximum atomic E-state index is 5.54. The zero-order valence-electron chi connectivity index (χ0n) is 8.81. The Hall–Kier alpha value is -1.75. The molecule has 0 radical (unpaired) electrons. The van der Waals surface area contributed by atoms with Crippen LogP contribution in [0.1, 0.15) is 17.0 Å². The van der Waals surface area contributed by atoms with Crippen LogP contribution in [0.25, 0.3) is 5.69 Å². The Morgan fingerprint density at radius 3 is 2.73 bits per heavy atom. The highest BCUT2D eigenvalue weighted by Gasteiger charge is 2.06. The summed E-state index contributed by atoms with van der Waals surface area (Å²) in [6.07, 6.45) is 0. The number of aryl methyl sites for hydroxylation is 2. The summed E-state index contributed by atoms with van der Waals surface area (Å²) in [4.78, 5) is 0. The van der Waals surface area contributed by atoms with Gasteiger partial charge in [-0.15, -0.1) is 5.10 Å². The molecule has 15 heavy (non-hydrogen) atoms. The van der Waals surface area contributed by atoms with Crippen molar-refractivity contribution in [3.05, 3.63) is 35.2 Å². The van der Waals surface area contributed by atoms with Crippen molar-refractivity contribution in [3.8, 4) is 5.69 Å². The van der Waals surface area contributed by atoms with Crippen molar-refractivity contribution in [2.45, 2.75) is 20.4 Å². The molecule has 2 aromatic rings. The van der Waals surface area contributed by atoms with E-state index in [0.29, 0.717) is 12.4 Å². The molecule has 1 aromatic carbocycles. The fourth-order valence-electron chi connectivity index (χ4n) is 1.39. The van der Waals surface area contributed by atoms with Gasteiger partial charge < -0.3 is 5.73 Å². The highest BCUT2D eigenvalue weighted by atomic mass is 15.5. The van der Waals surface area contributed by atoms with Crippen LogP contribution in [0.15, 0.2) is 18.2 Å². The maximum absolute atomic E-state index is 5.54. The van der Waals surface area contributed by atoms with Gasteiger partial charge in [-0.1, -0.05) is 6.07 Å². The Bertz CT molecular complexity index is 474. The highest BCUT2D eigenvalue weighted by molar-refractivity contribution is 5.39. The van der Waals surface area contributed by atoms with E-state index in [1.807, 2.05) is 18.2 Å². The Kier molecular flexibility index (Phi) is 2.47. The van der Waals surface area contributed by atoms with Crippen LogP contribution >= 0.6 is 0 Å². The molecule has 0 amide bonds. The molecule has 0 aliphatic carbocycles. The molecule has 78 valence electrons. The molecule has 1 aromatic heterocycles. The lowest BCUT2D eigenvalue weighted by molar-refractivity contribution is 0.760. The van der Waals surface area contributed by atoms with Crippen LogP contribution in [0.5, 0.6) is 0 Å². The largest absolute Gasteiger partial charge is 0.324 e. The standard InChI is InChI=1S/C10H13N5/c1-7-3-4-9(5-8(7)2)15-10(6-11)12-13-14-15/h3-5H,6,11H2,1-2H3. The molecule has 1 heterocycles. The third kappa shape index (κ3) is 1.73. The summed E-state index contributed by atoms with van der Waals surface area (Å²) in [6.45, 7) is 4.47. The van der Waals surface area contributed by atoms with Crippen molar-refractivity contribution in [2.75, 3.05) is 0 Å². The van der Waals surface area contributed by atoms with Crippen LogP contribution in [-0.2, 0) is 6.54 Å². The second kappa shape index (κ2) is 3.78. The van der Waals surface area contributed by atoms with Crippen LogP contribution in [-0.4, -0.2) is 20.2 Å². The van der Waals surface area contributed by atoms with Crippen LogP contribution in [0.3, 0.4) is 0 Å². The van der Waals surface area contributed by atoms with Gasteiger partial charge in [-0.25, -0.2) is 0 Å². The van der Waals surface area contributed by atoms with Crippen molar-refractivity contribution >= 4 is 0 Å². The highest BCUT2D eigenvalue weighted by Crippen LogP contribution is 2.13. The fraction of sp³-hybridized carbons (Fsp3) is 0.300. The average Bonchev–Trinajstić information content (AvgIpc) is 2.70. The Balaban J connectivity index is 2.50. The Morgan fingerprint density at radius 1 is 1.27 bits per heavy atom. The van der Waals surface area contributed by atoms with Gasteiger partial charge in [-0.2, -0.15) is 4.68 Å². The summed E-state index contributed by atoms with van der Waals surface area (Å²) in [5.74, 6) is 0.665. The Morgan fingerprint density at radius 2 is 2.07 bits per heavy atom. The molecule has 0 bridgehead atoms. The molecule has 0 saturated carbocycles. The van der Waals surface area contributed by atoms with Crippen LogP contribution < -0.4 is 5.73 Å². The summed E-state index contributed by atoms with van der Waals surface area (Å²) in [5.41, 5.74) is 8.95. The van der Waals surface area contributed by atoms with E-state index >= 15 is 0 Å². The second-order valence-electron chi connectivity index (χ2n) is 3.48. The second-order valence-corrected chi connectivity index (χ2v) is 3.48. The number of rotatable bonds is 2. The van der Waals surface area contributed by atoms with E-state index in [9.17, 15) is 0 Å². The molecule has 5 heteroatoms. The zero-order chi connectivity index (χ0) is 10.8. The first-order valence-electron chi connectivity index (χ1n) is 4.77. The molecule has 2 N–H and O–H groups in total. The number of hydrogen-bond acceptors (Lipinski definition) is 4. The van der Waals surface area contributed by atoms with Crippen molar-refractivity contribution in [2.24, 2.45) is 5.73 Å². The molecule has 0 aliphatic heterocycles. The van der Waals surface area contributed by atoms with E-state index in [2.05, 4.69) is 29.4 Å². The number of hydrogen-bond donors (Lipinski definition) is 1. The summed E-state index contributed by atoms with van der Waals surface area (Å²) >= 11 is 0. The molecule has 0 fully saturated rings. The van der Waals surface area contributed by atoms with Crippen molar-refractivity contribution < 1.29 is 0 Å². The molecular formula is C10H13N5. The monoisotopic (exact) mass is 203 g/mol. The van der Waals surface area contributed by atoms with E-state index in [0.717, 1.165) is 5.69 Å². The molecule has 0 unspecified atom stereocenters. The average molecular weight is 203 g/mol. The summed E-state index contributed by atoms with van der Waals surface area (Å²) in [5, 5.41) is 11.3. The van der Waals surface area contributed by atoms with Gasteiger partial charge in [0.15, 0.2) is 5.82 Å². The SMILES string of the molecule is Cc1ccc(-n2nnnc2CN)cc1C. The predicted molar refractivity (Wildman–Crippen MR) is 56.5 cm³/mol. The molecule has 0 saturated heterocycles. The quantitative estimate of drug-likeness (QED) is 0.781. The van der Waals surface area contributed by atoms with E-state index in [1.54, 1.807) is 4.68 Å². The van der Waals surface area contributed by atoms with Crippen molar-refractivity contribution in [1.29, 1.82) is 0 Å². The lowest BCUT2D eigenvalue weighted by atomic mass is 10.1. The van der Waals surface area contributed by atoms with Crippen molar-refractivity contribution in [1.82, 2.24) is 20.2 Å². The van der Waals surface area contributed by atoms with E-state index in [1.165, 1.54) is 11.1 Å². The number of tetrazole rings is 1. The van der Waals surface area contributed by atoms with Crippen LogP contribution in [0.4, 0.5) is 0 Å². The number of nitrogens with two attached hydrogens (primary N) is 1. The normalized spacial score (nSPS) is 10.6. The van der Waals surface area contributed by atoms with Crippen LogP contribution in [0.2, 0.25) is 0 Å². The Labute approximate surface area is 87.9 Å². The molecule has 0 atom stereocenters. The molecular weight excluding hydrogens is 190 g/mol. The molecule has 5 nitrogen and oxygen atoms in total. The van der Waals surface area contributed by atoms with Gasteiger partial charge >= 0.3 is 0 Å². The van der Waals surface area contributed by atoms with Gasteiger partial charge in [0.2, 0.25) is 0 Å². The minimum atomic E-state index is 0.333. The maximum Gasteiger partial charge on any atom is 0.170 e. The van der Waals surface area contributed by atoms with Gasteiger partial charge in [0.1, 0.15) is 0 Å². The summed E-state index contributed by atoms with van der Waals surface area (Å²) in [7, 11) is 0. The van der Waals surface area contributed by atoms with E-state index in [-0.39, 0.29) is 0 Å². The van der Waals surface area contributed by atoms with Gasteiger partial charge in [0, 0.05) is 0 Å². The van der Waals surface area contributed by atoms with Gasteiger partial charge in [0.05, 0.1) is 12.2 Å². The summed E-state index contributed by atoms with van der Waals surface area (Å²) < 4.78 is 1.66. The predicted octanol–water partition coefficient (Wildman–Crippen LogP) is 0.738. The first-order valence-corrected chi connectivity index (χ1v) is 4.77. The van der Waals surface area contributed by atoms with Gasteiger partial charge in [0.25, 0.3) is 0 Å². The third-order valence-corrected chi connectivity index (χ3v) is 2.45. The first-order chi connectivity index (χ1) is 7.22. The fourth-order valence-corrected chi connectivity index (χ4v) is 1.39. The zero-order valence-corrected chi connectivity index (χ0v) is 8.81. The topological polar surface area (TPSA) is 69.6 Å². The van der Waals surface area contributed by atoms with Crippen LogP contribution in [0, 0.1) is 13.8 Å². The van der Waals surface area contributed by atoms with Gasteiger partial charge in [-0.3, -0.25) is 0 Å². The van der Waals surface area contributed by atoms with E-state index < -0.39 is 0 Å². The lowest BCUT2D eigenvalue weighted by Crippen LogP contribution is -2.08. The lowest BCUT2D eigenvalue weighted by Gasteiger charge is -2.05. The number of nitrogens with zero attached hydrogens (tertiary/aromatic N) is 4. The smallest absolute Gasteiger partial charge is 0.170 e. The van der Waals surface area contributed by atoms with Crippen molar-refractivity contribution in [3.63, 3.8) is 0 Å². The number of aromatic nitrogens is 4. The first kappa shape index (κ1) is 9.79. The molecule has 0 spiro atoms. The number of benzene rings is 1. The van der Waals surface area contributed by atoms with E-state index in [4.69, 9.17) is 5.73 Å². The third-order valence-electron chi connectivity index (χ3n) is 2.45. The minimum Gasteiger partial charge on any atom is -0.324 e.